The fourth-order valence-electron chi connectivity index (χ4n) is 1.23. The summed E-state index contributed by atoms with van der Waals surface area (Å²) in [6.07, 6.45) is 5.25. The number of hydrogen-bond acceptors (Lipinski definition) is 4. The average Bonchev–Trinajstić information content (AvgIpc) is 2.26. The van der Waals surface area contributed by atoms with Crippen LogP contribution < -0.4 is 5.32 Å². The number of nitrogens with one attached hydrogen (secondary N) is 1. The zero-order valence-electron chi connectivity index (χ0n) is 9.07. The number of hydrogen-bond donors (Lipinski definition) is 1. The van der Waals surface area contributed by atoms with Gasteiger partial charge in [-0.05, 0) is 21.0 Å². The summed E-state index contributed by atoms with van der Waals surface area (Å²) in [6.45, 7) is 4.13. The molecule has 1 heterocycles. The summed E-state index contributed by atoms with van der Waals surface area (Å²) in [5.74, 6) is 0. The van der Waals surface area contributed by atoms with Crippen molar-refractivity contribution in [1.82, 2.24) is 20.2 Å². The van der Waals surface area contributed by atoms with Gasteiger partial charge in [0.2, 0.25) is 0 Å². The molecule has 0 bridgehead atoms. The first-order chi connectivity index (χ1) is 6.75. The third-order valence-electron chi connectivity index (χ3n) is 2.39. The molecule has 4 nitrogen and oxygen atoms in total. The molecule has 4 heteroatoms. The van der Waals surface area contributed by atoms with Gasteiger partial charge in [0.05, 0.1) is 11.7 Å². The molecule has 0 saturated carbocycles. The smallest absolute Gasteiger partial charge is 0.0755 e. The zero-order chi connectivity index (χ0) is 10.4. The van der Waals surface area contributed by atoms with E-state index in [0.29, 0.717) is 6.04 Å². The highest BCUT2D eigenvalue weighted by molar-refractivity contribution is 5.00. The van der Waals surface area contributed by atoms with Crippen molar-refractivity contribution in [1.29, 1.82) is 0 Å². The van der Waals surface area contributed by atoms with Gasteiger partial charge in [-0.3, -0.25) is 14.9 Å². The first kappa shape index (κ1) is 11.1. The monoisotopic (exact) mass is 194 g/mol. The number of rotatable bonds is 5. The molecule has 78 valence electrons. The molecular formula is C10H18N4. The van der Waals surface area contributed by atoms with Gasteiger partial charge in [-0.1, -0.05) is 0 Å². The van der Waals surface area contributed by atoms with E-state index >= 15 is 0 Å². The van der Waals surface area contributed by atoms with Crippen LogP contribution in [0.5, 0.6) is 0 Å². The molecule has 1 unspecified atom stereocenters. The van der Waals surface area contributed by atoms with Crippen molar-refractivity contribution in [2.24, 2.45) is 0 Å². The Balaban J connectivity index is 2.52. The third kappa shape index (κ3) is 3.05. The van der Waals surface area contributed by atoms with Crippen molar-refractivity contribution in [3.63, 3.8) is 0 Å². The summed E-state index contributed by atoms with van der Waals surface area (Å²) in [4.78, 5) is 10.6. The van der Waals surface area contributed by atoms with E-state index in [0.717, 1.165) is 18.8 Å². The quantitative estimate of drug-likeness (QED) is 0.748. The van der Waals surface area contributed by atoms with Crippen molar-refractivity contribution in [3.05, 3.63) is 24.3 Å². The lowest BCUT2D eigenvalue weighted by Crippen LogP contribution is -2.30. The van der Waals surface area contributed by atoms with Crippen LogP contribution >= 0.6 is 0 Å². The van der Waals surface area contributed by atoms with Crippen LogP contribution in [0.3, 0.4) is 0 Å². The minimum Gasteiger partial charge on any atom is -0.318 e. The second kappa shape index (κ2) is 5.67. The van der Waals surface area contributed by atoms with E-state index < -0.39 is 0 Å². The van der Waals surface area contributed by atoms with E-state index in [4.69, 9.17) is 0 Å². The molecule has 1 rings (SSSR count). The van der Waals surface area contributed by atoms with E-state index in [9.17, 15) is 0 Å². The van der Waals surface area contributed by atoms with E-state index in [1.54, 1.807) is 12.4 Å². The summed E-state index contributed by atoms with van der Waals surface area (Å²) in [6, 6.07) is 0.317. The molecule has 0 radical (unpaired) electrons. The largest absolute Gasteiger partial charge is 0.318 e. The Hall–Kier alpha value is -1.00. The van der Waals surface area contributed by atoms with Crippen molar-refractivity contribution in [3.8, 4) is 0 Å². The predicted molar refractivity (Wildman–Crippen MR) is 57.0 cm³/mol. The molecule has 0 aliphatic heterocycles. The van der Waals surface area contributed by atoms with Crippen molar-refractivity contribution in [2.45, 2.75) is 13.0 Å². The molecule has 14 heavy (non-hydrogen) atoms. The van der Waals surface area contributed by atoms with Gasteiger partial charge in [-0.25, -0.2) is 0 Å². The lowest BCUT2D eigenvalue weighted by atomic mass is 10.2. The Bertz CT molecular complexity index is 250. The third-order valence-corrected chi connectivity index (χ3v) is 2.39. The second-order valence-electron chi connectivity index (χ2n) is 3.39. The van der Waals surface area contributed by atoms with E-state index in [2.05, 4.69) is 34.2 Å². The molecule has 0 aromatic carbocycles. The van der Waals surface area contributed by atoms with Gasteiger partial charge < -0.3 is 5.32 Å². The van der Waals surface area contributed by atoms with Crippen LogP contribution in [0.4, 0.5) is 0 Å². The molecule has 0 aliphatic carbocycles. The predicted octanol–water partition coefficient (Wildman–Crippen LogP) is 0.689. The standard InChI is InChI=1S/C10H18N4/c1-9(14(3)7-6-11-2)10-8-12-4-5-13-10/h4-5,8-9,11H,6-7H2,1-3H3. The van der Waals surface area contributed by atoms with Gasteiger partial charge in [-0.2, -0.15) is 0 Å². The van der Waals surface area contributed by atoms with Crippen LogP contribution in [0, 0.1) is 0 Å². The van der Waals surface area contributed by atoms with Crippen molar-refractivity contribution >= 4 is 0 Å². The van der Waals surface area contributed by atoms with E-state index in [1.807, 2.05) is 13.2 Å². The summed E-state index contributed by atoms with van der Waals surface area (Å²) in [5.41, 5.74) is 1.02. The molecule has 0 saturated heterocycles. The van der Waals surface area contributed by atoms with E-state index in [1.165, 1.54) is 0 Å². The van der Waals surface area contributed by atoms with Gasteiger partial charge in [0, 0.05) is 31.7 Å². The lowest BCUT2D eigenvalue weighted by Gasteiger charge is -2.23. The van der Waals surface area contributed by atoms with Crippen LogP contribution in [0.1, 0.15) is 18.7 Å². The highest BCUT2D eigenvalue weighted by atomic mass is 15.1. The molecule has 1 aromatic rings. The summed E-state index contributed by atoms with van der Waals surface area (Å²) in [7, 11) is 4.05. The van der Waals surface area contributed by atoms with Gasteiger partial charge in [0.1, 0.15) is 0 Å². The van der Waals surface area contributed by atoms with Gasteiger partial charge >= 0.3 is 0 Å². The van der Waals surface area contributed by atoms with Crippen molar-refractivity contribution in [2.75, 3.05) is 27.2 Å². The van der Waals surface area contributed by atoms with Crippen LogP contribution in [0.15, 0.2) is 18.6 Å². The molecule has 0 aliphatic rings. The Morgan fingerprint density at radius 1 is 1.50 bits per heavy atom. The highest BCUT2D eigenvalue weighted by Gasteiger charge is 2.11. The van der Waals surface area contributed by atoms with Gasteiger partial charge in [0.15, 0.2) is 0 Å². The first-order valence-corrected chi connectivity index (χ1v) is 4.86. The fourth-order valence-corrected chi connectivity index (χ4v) is 1.23. The Kier molecular flexibility index (Phi) is 4.49. The lowest BCUT2D eigenvalue weighted by molar-refractivity contribution is 0.258. The van der Waals surface area contributed by atoms with Crippen LogP contribution in [0.25, 0.3) is 0 Å². The minimum absolute atomic E-state index is 0.317. The molecule has 1 N–H and O–H groups in total. The first-order valence-electron chi connectivity index (χ1n) is 4.86. The van der Waals surface area contributed by atoms with Gasteiger partial charge in [0.25, 0.3) is 0 Å². The zero-order valence-corrected chi connectivity index (χ0v) is 9.07. The highest BCUT2D eigenvalue weighted by Crippen LogP contribution is 2.13. The maximum atomic E-state index is 4.28. The summed E-state index contributed by atoms with van der Waals surface area (Å²) >= 11 is 0. The van der Waals surface area contributed by atoms with Crippen LogP contribution in [-0.4, -0.2) is 42.1 Å². The number of nitrogens with zero attached hydrogens (tertiary/aromatic N) is 3. The maximum Gasteiger partial charge on any atom is 0.0755 e. The Labute approximate surface area is 85.4 Å². The summed E-state index contributed by atoms with van der Waals surface area (Å²) in [5, 5.41) is 3.13. The van der Waals surface area contributed by atoms with Gasteiger partial charge in [-0.15, -0.1) is 0 Å². The Morgan fingerprint density at radius 3 is 2.86 bits per heavy atom. The summed E-state index contributed by atoms with van der Waals surface area (Å²) < 4.78 is 0. The molecule has 0 fully saturated rings. The Morgan fingerprint density at radius 2 is 2.29 bits per heavy atom. The molecule has 1 aromatic heterocycles. The molecule has 1 atom stereocenters. The average molecular weight is 194 g/mol. The topological polar surface area (TPSA) is 41.0 Å². The molecule has 0 amide bonds. The van der Waals surface area contributed by atoms with Crippen molar-refractivity contribution < 1.29 is 0 Å². The van der Waals surface area contributed by atoms with Crippen LogP contribution in [-0.2, 0) is 0 Å². The van der Waals surface area contributed by atoms with E-state index in [-0.39, 0.29) is 0 Å². The molecule has 0 spiro atoms. The minimum atomic E-state index is 0.317. The van der Waals surface area contributed by atoms with Crippen LogP contribution in [0.2, 0.25) is 0 Å². The number of aromatic nitrogens is 2. The molecular weight excluding hydrogens is 176 g/mol. The SMILES string of the molecule is CNCCN(C)C(C)c1cnccn1. The second-order valence-corrected chi connectivity index (χ2v) is 3.39. The normalized spacial score (nSPS) is 13.1. The fraction of sp³-hybridized carbons (Fsp3) is 0.600. The number of likely N-dealkylation sites (N-methyl/N-ethyl adjacent to an activating group) is 2. The maximum absolute atomic E-state index is 4.28.